The van der Waals surface area contributed by atoms with Crippen molar-refractivity contribution in [1.29, 1.82) is 0 Å². The summed E-state index contributed by atoms with van der Waals surface area (Å²) in [5.41, 5.74) is 1.83. The van der Waals surface area contributed by atoms with Crippen molar-refractivity contribution >= 4 is 17.7 Å². The molecule has 0 unspecified atom stereocenters. The maximum atomic E-state index is 12.3. The highest BCUT2D eigenvalue weighted by atomic mass is 16.5. The first-order valence-corrected chi connectivity index (χ1v) is 7.39. The van der Waals surface area contributed by atoms with Gasteiger partial charge in [-0.25, -0.2) is 0 Å². The predicted molar refractivity (Wildman–Crippen MR) is 87.0 cm³/mol. The minimum absolute atomic E-state index is 0.261. The Hall–Kier alpha value is -3.15. The number of imide groups is 1. The summed E-state index contributed by atoms with van der Waals surface area (Å²) in [6.07, 6.45) is 0. The smallest absolute Gasteiger partial charge is 0.261 e. The van der Waals surface area contributed by atoms with E-state index in [9.17, 15) is 14.4 Å². The van der Waals surface area contributed by atoms with E-state index in [0.29, 0.717) is 23.4 Å². The van der Waals surface area contributed by atoms with Crippen LogP contribution >= 0.6 is 0 Å². The molecule has 24 heavy (non-hydrogen) atoms. The minimum Gasteiger partial charge on any atom is -0.497 e. The van der Waals surface area contributed by atoms with E-state index in [2.05, 4.69) is 5.32 Å². The Morgan fingerprint density at radius 1 is 1.08 bits per heavy atom. The standard InChI is InChI=1S/C18H16N2O4/c1-20-17(22)14-7-6-12(9-15(14)18(20)23)16(21)19-10-11-4-3-5-13(8-11)24-2/h3-9H,10H2,1-2H3,(H,19,21). The van der Waals surface area contributed by atoms with E-state index in [4.69, 9.17) is 4.74 Å². The molecule has 1 aliphatic rings. The van der Waals surface area contributed by atoms with E-state index in [1.165, 1.54) is 19.2 Å². The molecule has 3 amide bonds. The van der Waals surface area contributed by atoms with Gasteiger partial charge < -0.3 is 10.1 Å². The van der Waals surface area contributed by atoms with Crippen LogP contribution < -0.4 is 10.1 Å². The molecule has 0 saturated heterocycles. The zero-order valence-electron chi connectivity index (χ0n) is 13.3. The highest BCUT2D eigenvalue weighted by Crippen LogP contribution is 2.22. The van der Waals surface area contributed by atoms with Gasteiger partial charge in [0, 0.05) is 19.2 Å². The van der Waals surface area contributed by atoms with Gasteiger partial charge in [-0.15, -0.1) is 0 Å². The van der Waals surface area contributed by atoms with Gasteiger partial charge in [0.15, 0.2) is 0 Å². The molecule has 1 aliphatic heterocycles. The van der Waals surface area contributed by atoms with E-state index in [1.807, 2.05) is 24.3 Å². The van der Waals surface area contributed by atoms with Crippen molar-refractivity contribution in [3.8, 4) is 5.75 Å². The SMILES string of the molecule is COc1cccc(CNC(=O)c2ccc3c(c2)C(=O)N(C)C3=O)c1. The molecule has 0 atom stereocenters. The first kappa shape index (κ1) is 15.7. The Balaban J connectivity index is 1.74. The molecule has 122 valence electrons. The lowest BCUT2D eigenvalue weighted by molar-refractivity contribution is 0.0693. The molecule has 0 saturated carbocycles. The summed E-state index contributed by atoms with van der Waals surface area (Å²) < 4.78 is 5.14. The summed E-state index contributed by atoms with van der Waals surface area (Å²) in [4.78, 5) is 37.2. The van der Waals surface area contributed by atoms with Gasteiger partial charge in [-0.1, -0.05) is 12.1 Å². The maximum Gasteiger partial charge on any atom is 0.261 e. The highest BCUT2D eigenvalue weighted by molar-refractivity contribution is 6.21. The average Bonchev–Trinajstić information content (AvgIpc) is 2.84. The van der Waals surface area contributed by atoms with Crippen molar-refractivity contribution in [1.82, 2.24) is 10.2 Å². The van der Waals surface area contributed by atoms with Crippen LogP contribution in [-0.4, -0.2) is 36.8 Å². The second-order valence-corrected chi connectivity index (χ2v) is 5.46. The number of hydrogen-bond acceptors (Lipinski definition) is 4. The van der Waals surface area contributed by atoms with Gasteiger partial charge in [-0.05, 0) is 35.9 Å². The fraction of sp³-hybridized carbons (Fsp3) is 0.167. The van der Waals surface area contributed by atoms with Gasteiger partial charge >= 0.3 is 0 Å². The zero-order chi connectivity index (χ0) is 17.3. The number of methoxy groups -OCH3 is 1. The number of carbonyl (C=O) groups is 3. The summed E-state index contributed by atoms with van der Waals surface area (Å²) in [5, 5.41) is 2.79. The Kier molecular flexibility index (Phi) is 4.04. The highest BCUT2D eigenvalue weighted by Gasteiger charge is 2.33. The Bertz CT molecular complexity index is 845. The Morgan fingerprint density at radius 2 is 1.83 bits per heavy atom. The van der Waals surface area contributed by atoms with Crippen LogP contribution in [0.15, 0.2) is 42.5 Å². The van der Waals surface area contributed by atoms with Crippen molar-refractivity contribution in [3.05, 3.63) is 64.7 Å². The van der Waals surface area contributed by atoms with E-state index < -0.39 is 5.91 Å². The fourth-order valence-corrected chi connectivity index (χ4v) is 2.57. The number of fused-ring (bicyclic) bond motifs is 1. The van der Waals surface area contributed by atoms with Crippen LogP contribution in [0.2, 0.25) is 0 Å². The molecular weight excluding hydrogens is 308 g/mol. The third-order valence-corrected chi connectivity index (χ3v) is 3.94. The van der Waals surface area contributed by atoms with Crippen LogP contribution in [0.3, 0.4) is 0 Å². The number of benzene rings is 2. The third-order valence-electron chi connectivity index (χ3n) is 3.94. The topological polar surface area (TPSA) is 75.7 Å². The van der Waals surface area contributed by atoms with Gasteiger partial charge in [0.25, 0.3) is 17.7 Å². The van der Waals surface area contributed by atoms with E-state index in [1.54, 1.807) is 13.2 Å². The number of carbonyl (C=O) groups excluding carboxylic acids is 3. The van der Waals surface area contributed by atoms with Crippen LogP contribution in [0.1, 0.15) is 36.6 Å². The number of amides is 3. The molecule has 6 nitrogen and oxygen atoms in total. The normalized spacial score (nSPS) is 13.0. The molecule has 6 heteroatoms. The molecule has 1 heterocycles. The molecule has 1 N–H and O–H groups in total. The quantitative estimate of drug-likeness (QED) is 0.871. The molecule has 0 radical (unpaired) electrons. The van der Waals surface area contributed by atoms with Crippen LogP contribution in [0.5, 0.6) is 5.75 Å². The largest absolute Gasteiger partial charge is 0.497 e. The summed E-state index contributed by atoms with van der Waals surface area (Å²) in [6.45, 7) is 0.333. The lowest BCUT2D eigenvalue weighted by atomic mass is 10.1. The zero-order valence-corrected chi connectivity index (χ0v) is 13.3. The number of nitrogens with one attached hydrogen (secondary N) is 1. The molecule has 0 bridgehead atoms. The number of ether oxygens (including phenoxy) is 1. The molecule has 2 aromatic rings. The second-order valence-electron chi connectivity index (χ2n) is 5.46. The molecule has 0 aromatic heterocycles. The molecule has 0 fully saturated rings. The predicted octanol–water partition coefficient (Wildman–Crippen LogP) is 1.85. The third kappa shape index (κ3) is 2.74. The summed E-state index contributed by atoms with van der Waals surface area (Å²) in [6, 6.07) is 11.9. The number of hydrogen-bond donors (Lipinski definition) is 1. The summed E-state index contributed by atoms with van der Waals surface area (Å²) in [7, 11) is 3.00. The second kappa shape index (κ2) is 6.16. The van der Waals surface area contributed by atoms with E-state index in [0.717, 1.165) is 10.5 Å². The molecular formula is C18H16N2O4. The van der Waals surface area contributed by atoms with Gasteiger partial charge in [-0.3, -0.25) is 19.3 Å². The molecule has 2 aromatic carbocycles. The molecule has 0 spiro atoms. The van der Waals surface area contributed by atoms with Crippen molar-refractivity contribution < 1.29 is 19.1 Å². The van der Waals surface area contributed by atoms with Gasteiger partial charge in [0.2, 0.25) is 0 Å². The van der Waals surface area contributed by atoms with Crippen molar-refractivity contribution in [2.75, 3.05) is 14.2 Å². The van der Waals surface area contributed by atoms with Crippen molar-refractivity contribution in [2.45, 2.75) is 6.54 Å². The minimum atomic E-state index is -0.391. The fourth-order valence-electron chi connectivity index (χ4n) is 2.57. The van der Waals surface area contributed by atoms with E-state index in [-0.39, 0.29) is 17.4 Å². The average molecular weight is 324 g/mol. The van der Waals surface area contributed by atoms with E-state index >= 15 is 0 Å². The van der Waals surface area contributed by atoms with Crippen LogP contribution in [0, 0.1) is 0 Å². The van der Waals surface area contributed by atoms with Crippen LogP contribution in [-0.2, 0) is 6.54 Å². The van der Waals surface area contributed by atoms with Crippen LogP contribution in [0.25, 0.3) is 0 Å². The monoisotopic (exact) mass is 324 g/mol. The lowest BCUT2D eigenvalue weighted by Gasteiger charge is -2.07. The van der Waals surface area contributed by atoms with Crippen LogP contribution in [0.4, 0.5) is 0 Å². The summed E-state index contributed by atoms with van der Waals surface area (Å²) in [5.74, 6) is -0.336. The Labute approximate surface area is 139 Å². The number of nitrogens with zero attached hydrogens (tertiary/aromatic N) is 1. The first-order valence-electron chi connectivity index (χ1n) is 7.39. The first-order chi connectivity index (χ1) is 11.5. The maximum absolute atomic E-state index is 12.3. The van der Waals surface area contributed by atoms with Crippen molar-refractivity contribution in [2.24, 2.45) is 0 Å². The Morgan fingerprint density at radius 3 is 2.58 bits per heavy atom. The summed E-state index contributed by atoms with van der Waals surface area (Å²) >= 11 is 0. The lowest BCUT2D eigenvalue weighted by Crippen LogP contribution is -2.24. The van der Waals surface area contributed by atoms with Gasteiger partial charge in [-0.2, -0.15) is 0 Å². The molecule has 0 aliphatic carbocycles. The van der Waals surface area contributed by atoms with Crippen molar-refractivity contribution in [3.63, 3.8) is 0 Å². The molecule has 3 rings (SSSR count). The number of rotatable bonds is 4. The van der Waals surface area contributed by atoms with Gasteiger partial charge in [0.1, 0.15) is 5.75 Å². The van der Waals surface area contributed by atoms with Gasteiger partial charge in [0.05, 0.1) is 18.2 Å².